The van der Waals surface area contributed by atoms with Crippen molar-refractivity contribution >= 4 is 5.95 Å². The lowest BCUT2D eigenvalue weighted by Gasteiger charge is -2.32. The molecule has 1 atom stereocenters. The predicted octanol–water partition coefficient (Wildman–Crippen LogP) is 1.27. The molecule has 1 aromatic heterocycles. The van der Waals surface area contributed by atoms with Gasteiger partial charge in [-0.25, -0.2) is 9.97 Å². The number of anilines is 1. The van der Waals surface area contributed by atoms with Gasteiger partial charge in [-0.1, -0.05) is 0 Å². The lowest BCUT2D eigenvalue weighted by molar-refractivity contribution is 0.419. The highest BCUT2D eigenvalue weighted by atomic mass is 15.3. The number of nitrogens with two attached hydrogens (primary N) is 1. The molecule has 0 spiro atoms. The molecule has 0 unspecified atom stereocenters. The van der Waals surface area contributed by atoms with E-state index >= 15 is 0 Å². The average molecular weight is 220 g/mol. The zero-order valence-corrected chi connectivity index (χ0v) is 10.1. The van der Waals surface area contributed by atoms with Gasteiger partial charge in [-0.3, -0.25) is 0 Å². The summed E-state index contributed by atoms with van der Waals surface area (Å²) in [6.07, 6.45) is 2.43. The number of rotatable bonds is 2. The molecule has 0 bridgehead atoms. The van der Waals surface area contributed by atoms with E-state index in [1.54, 1.807) is 0 Å². The second-order valence-corrected chi connectivity index (χ2v) is 4.64. The molecular formula is C12H20N4. The number of piperidine rings is 1. The van der Waals surface area contributed by atoms with Crippen molar-refractivity contribution in [2.75, 3.05) is 24.5 Å². The third-order valence-electron chi connectivity index (χ3n) is 3.11. The first-order valence-electron chi connectivity index (χ1n) is 5.96. The van der Waals surface area contributed by atoms with Gasteiger partial charge in [-0.05, 0) is 45.2 Å². The zero-order chi connectivity index (χ0) is 11.5. The molecule has 0 amide bonds. The third-order valence-corrected chi connectivity index (χ3v) is 3.11. The topological polar surface area (TPSA) is 55.0 Å². The highest BCUT2D eigenvalue weighted by molar-refractivity contribution is 5.32. The van der Waals surface area contributed by atoms with Gasteiger partial charge in [0.15, 0.2) is 0 Å². The number of hydrogen-bond acceptors (Lipinski definition) is 4. The zero-order valence-electron chi connectivity index (χ0n) is 10.1. The fraction of sp³-hybridized carbons (Fsp3) is 0.667. The Morgan fingerprint density at radius 2 is 2.06 bits per heavy atom. The van der Waals surface area contributed by atoms with Crippen LogP contribution in [0.25, 0.3) is 0 Å². The Hall–Kier alpha value is -1.16. The molecule has 1 saturated heterocycles. The Morgan fingerprint density at radius 3 is 2.69 bits per heavy atom. The summed E-state index contributed by atoms with van der Waals surface area (Å²) in [5.41, 5.74) is 7.81. The summed E-state index contributed by atoms with van der Waals surface area (Å²) in [5.74, 6) is 1.47. The van der Waals surface area contributed by atoms with E-state index < -0.39 is 0 Å². The van der Waals surface area contributed by atoms with Crippen LogP contribution in [0.4, 0.5) is 5.95 Å². The minimum absolute atomic E-state index is 0.596. The van der Waals surface area contributed by atoms with Gasteiger partial charge in [-0.2, -0.15) is 0 Å². The molecule has 0 aromatic carbocycles. The molecule has 0 radical (unpaired) electrons. The van der Waals surface area contributed by atoms with Crippen LogP contribution in [0.3, 0.4) is 0 Å². The Labute approximate surface area is 96.9 Å². The molecule has 16 heavy (non-hydrogen) atoms. The van der Waals surface area contributed by atoms with Crippen LogP contribution in [0, 0.1) is 19.8 Å². The van der Waals surface area contributed by atoms with Gasteiger partial charge < -0.3 is 10.6 Å². The Kier molecular flexibility index (Phi) is 3.39. The summed E-state index contributed by atoms with van der Waals surface area (Å²) >= 11 is 0. The van der Waals surface area contributed by atoms with E-state index in [0.29, 0.717) is 5.92 Å². The summed E-state index contributed by atoms with van der Waals surface area (Å²) in [6.45, 7) is 6.85. The van der Waals surface area contributed by atoms with Crippen molar-refractivity contribution in [1.82, 2.24) is 9.97 Å². The monoisotopic (exact) mass is 220 g/mol. The molecule has 2 N–H and O–H groups in total. The van der Waals surface area contributed by atoms with Crippen LogP contribution < -0.4 is 10.6 Å². The van der Waals surface area contributed by atoms with Crippen molar-refractivity contribution in [3.63, 3.8) is 0 Å². The van der Waals surface area contributed by atoms with E-state index in [1.165, 1.54) is 12.8 Å². The van der Waals surface area contributed by atoms with Gasteiger partial charge in [-0.15, -0.1) is 0 Å². The standard InChI is InChI=1S/C12H20N4/c1-9-6-10(2)15-12(14-9)16-5-3-4-11(7-13)8-16/h6,11H,3-5,7-8,13H2,1-2H3/t11-/m0/s1. The highest BCUT2D eigenvalue weighted by Gasteiger charge is 2.20. The van der Waals surface area contributed by atoms with Gasteiger partial charge in [0.05, 0.1) is 0 Å². The Balaban J connectivity index is 2.16. The van der Waals surface area contributed by atoms with E-state index in [1.807, 2.05) is 19.9 Å². The van der Waals surface area contributed by atoms with Crippen molar-refractivity contribution in [2.45, 2.75) is 26.7 Å². The van der Waals surface area contributed by atoms with Gasteiger partial charge in [0.1, 0.15) is 0 Å². The molecule has 4 heteroatoms. The van der Waals surface area contributed by atoms with Crippen LogP contribution in [-0.4, -0.2) is 29.6 Å². The highest BCUT2D eigenvalue weighted by Crippen LogP contribution is 2.20. The van der Waals surface area contributed by atoms with Crippen LogP contribution in [0.5, 0.6) is 0 Å². The van der Waals surface area contributed by atoms with Crippen molar-refractivity contribution < 1.29 is 0 Å². The second kappa shape index (κ2) is 4.78. The molecular weight excluding hydrogens is 200 g/mol. The van der Waals surface area contributed by atoms with Crippen LogP contribution in [0.2, 0.25) is 0 Å². The molecule has 1 aliphatic rings. The van der Waals surface area contributed by atoms with Crippen molar-refractivity contribution in [1.29, 1.82) is 0 Å². The molecule has 1 aliphatic heterocycles. The van der Waals surface area contributed by atoms with E-state index in [0.717, 1.165) is 37.0 Å². The van der Waals surface area contributed by atoms with E-state index in [2.05, 4.69) is 14.9 Å². The Bertz CT molecular complexity index is 344. The number of hydrogen-bond donors (Lipinski definition) is 1. The van der Waals surface area contributed by atoms with Crippen LogP contribution in [0.15, 0.2) is 6.07 Å². The SMILES string of the molecule is Cc1cc(C)nc(N2CCC[C@@H](CN)C2)n1. The van der Waals surface area contributed by atoms with Crippen molar-refractivity contribution in [3.8, 4) is 0 Å². The van der Waals surface area contributed by atoms with E-state index in [-0.39, 0.29) is 0 Å². The van der Waals surface area contributed by atoms with Crippen LogP contribution in [0.1, 0.15) is 24.2 Å². The average Bonchev–Trinajstić information content (AvgIpc) is 2.28. The minimum atomic E-state index is 0.596. The second-order valence-electron chi connectivity index (χ2n) is 4.64. The number of aromatic nitrogens is 2. The van der Waals surface area contributed by atoms with Crippen molar-refractivity contribution in [2.24, 2.45) is 11.7 Å². The predicted molar refractivity (Wildman–Crippen MR) is 65.5 cm³/mol. The molecule has 1 fully saturated rings. The number of aryl methyl sites for hydroxylation is 2. The van der Waals surface area contributed by atoms with E-state index in [4.69, 9.17) is 5.73 Å². The number of nitrogens with zero attached hydrogens (tertiary/aromatic N) is 3. The Morgan fingerprint density at radius 1 is 1.38 bits per heavy atom. The first-order valence-corrected chi connectivity index (χ1v) is 5.96. The summed E-state index contributed by atoms with van der Waals surface area (Å²) in [4.78, 5) is 11.3. The molecule has 2 rings (SSSR count). The fourth-order valence-corrected chi connectivity index (χ4v) is 2.29. The van der Waals surface area contributed by atoms with Crippen LogP contribution in [-0.2, 0) is 0 Å². The van der Waals surface area contributed by atoms with E-state index in [9.17, 15) is 0 Å². The third kappa shape index (κ3) is 2.50. The molecule has 0 aliphatic carbocycles. The smallest absolute Gasteiger partial charge is 0.225 e. The summed E-state index contributed by atoms with van der Waals surface area (Å²) in [7, 11) is 0. The molecule has 0 saturated carbocycles. The minimum Gasteiger partial charge on any atom is -0.340 e. The first-order chi connectivity index (χ1) is 7.69. The maximum Gasteiger partial charge on any atom is 0.225 e. The van der Waals surface area contributed by atoms with Gasteiger partial charge in [0.2, 0.25) is 5.95 Å². The largest absolute Gasteiger partial charge is 0.340 e. The lowest BCUT2D eigenvalue weighted by Crippen LogP contribution is -2.39. The quantitative estimate of drug-likeness (QED) is 0.815. The summed E-state index contributed by atoms with van der Waals surface area (Å²) < 4.78 is 0. The fourth-order valence-electron chi connectivity index (χ4n) is 2.29. The maximum atomic E-state index is 5.74. The summed E-state index contributed by atoms with van der Waals surface area (Å²) in [5, 5.41) is 0. The normalized spacial score (nSPS) is 21.2. The molecule has 4 nitrogen and oxygen atoms in total. The first kappa shape index (κ1) is 11.3. The maximum absolute atomic E-state index is 5.74. The molecule has 1 aromatic rings. The lowest BCUT2D eigenvalue weighted by atomic mass is 9.99. The van der Waals surface area contributed by atoms with Gasteiger partial charge >= 0.3 is 0 Å². The van der Waals surface area contributed by atoms with Gasteiger partial charge in [0, 0.05) is 24.5 Å². The summed E-state index contributed by atoms with van der Waals surface area (Å²) in [6, 6.07) is 2.01. The van der Waals surface area contributed by atoms with Crippen molar-refractivity contribution in [3.05, 3.63) is 17.5 Å². The van der Waals surface area contributed by atoms with Gasteiger partial charge in [0.25, 0.3) is 0 Å². The van der Waals surface area contributed by atoms with Crippen LogP contribution >= 0.6 is 0 Å². The molecule has 2 heterocycles. The molecule has 88 valence electrons.